The number of aldehydes is 1. The number of esters is 1. The zero-order valence-corrected chi connectivity index (χ0v) is 11.4. The van der Waals surface area contributed by atoms with E-state index in [-0.39, 0.29) is 6.61 Å². The van der Waals surface area contributed by atoms with Crippen molar-refractivity contribution in [3.05, 3.63) is 35.4 Å². The zero-order valence-electron chi connectivity index (χ0n) is 9.26. The van der Waals surface area contributed by atoms with Gasteiger partial charge in [-0.1, -0.05) is 12.1 Å². The summed E-state index contributed by atoms with van der Waals surface area (Å²) in [4.78, 5) is 21.7. The predicted molar refractivity (Wildman–Crippen MR) is 70.2 cm³/mol. The van der Waals surface area contributed by atoms with Gasteiger partial charge >= 0.3 is 5.97 Å². The highest BCUT2D eigenvalue weighted by Crippen LogP contribution is 2.04. The second-order valence-electron chi connectivity index (χ2n) is 2.69. The van der Waals surface area contributed by atoms with Gasteiger partial charge in [0.2, 0.25) is 0 Å². The van der Waals surface area contributed by atoms with E-state index in [4.69, 9.17) is 12.9 Å². The first-order valence-corrected chi connectivity index (χ1v) is 5.56. The smallest absolute Gasteiger partial charge is 0.338 e. The minimum absolute atomic E-state index is 0.219. The van der Waals surface area contributed by atoms with Crippen molar-refractivity contribution in [3.8, 4) is 0 Å². The normalized spacial score (nSPS) is 8.88. The Labute approximate surface area is 113 Å². The average molecular weight is 352 g/mol. The number of ether oxygens (including phenoxy) is 1. The number of aliphatic hydroxyl groups excluding tert-OH is 1. The minimum atomic E-state index is -0.416. The standard InChI is InChI=1S/C10H9IO4.CH4O/c11-15-6-5-14-10(13)9-3-1-8(7-12)2-4-9;1-2/h1-4,7H,5-6H2;2H,1H3. The van der Waals surface area contributed by atoms with Gasteiger partial charge in [-0.2, -0.15) is 0 Å². The summed E-state index contributed by atoms with van der Waals surface area (Å²) in [5.74, 6) is -0.416. The number of carbonyl (C=O) groups excluding carboxylic acids is 2. The molecule has 0 unspecified atom stereocenters. The molecule has 94 valence electrons. The van der Waals surface area contributed by atoms with Crippen molar-refractivity contribution >= 4 is 35.3 Å². The summed E-state index contributed by atoms with van der Waals surface area (Å²) in [6, 6.07) is 6.24. The lowest BCUT2D eigenvalue weighted by Crippen LogP contribution is -2.08. The van der Waals surface area contributed by atoms with Crippen LogP contribution < -0.4 is 0 Å². The molecule has 0 spiro atoms. The van der Waals surface area contributed by atoms with Crippen LogP contribution in [-0.2, 0) is 7.80 Å². The molecule has 1 N–H and O–H groups in total. The van der Waals surface area contributed by atoms with Crippen molar-refractivity contribution < 1.29 is 22.5 Å². The molecule has 0 aromatic heterocycles. The van der Waals surface area contributed by atoms with Gasteiger partial charge in [-0.25, -0.2) is 4.79 Å². The quantitative estimate of drug-likeness (QED) is 0.378. The molecule has 0 bridgehead atoms. The highest BCUT2D eigenvalue weighted by Gasteiger charge is 2.05. The fourth-order valence-electron chi connectivity index (χ4n) is 0.947. The fourth-order valence-corrected chi connectivity index (χ4v) is 1.13. The Morgan fingerprint density at radius 3 is 2.35 bits per heavy atom. The first-order valence-electron chi connectivity index (χ1n) is 4.68. The maximum absolute atomic E-state index is 11.4. The molecular formula is C11H13IO5. The Kier molecular flexibility index (Phi) is 9.59. The summed E-state index contributed by atoms with van der Waals surface area (Å²) < 4.78 is 9.60. The third kappa shape index (κ3) is 6.35. The second-order valence-corrected chi connectivity index (χ2v) is 3.31. The molecule has 6 heteroatoms. The van der Waals surface area contributed by atoms with Crippen LogP contribution in [0.4, 0.5) is 0 Å². The molecule has 0 aliphatic heterocycles. The Morgan fingerprint density at radius 1 is 1.29 bits per heavy atom. The van der Waals surface area contributed by atoms with Crippen molar-refractivity contribution in [3.63, 3.8) is 0 Å². The van der Waals surface area contributed by atoms with E-state index < -0.39 is 5.97 Å². The van der Waals surface area contributed by atoms with E-state index in [1.54, 1.807) is 47.3 Å². The number of hydrogen-bond acceptors (Lipinski definition) is 5. The summed E-state index contributed by atoms with van der Waals surface area (Å²) in [6.45, 7) is 0.579. The van der Waals surface area contributed by atoms with Crippen LogP contribution in [0.15, 0.2) is 24.3 Å². The number of rotatable bonds is 5. The molecule has 0 fully saturated rings. The summed E-state index contributed by atoms with van der Waals surface area (Å²) in [5, 5.41) is 7.00. The van der Waals surface area contributed by atoms with Crippen LogP contribution in [0.2, 0.25) is 0 Å². The van der Waals surface area contributed by atoms with E-state index in [9.17, 15) is 9.59 Å². The molecule has 5 nitrogen and oxygen atoms in total. The van der Waals surface area contributed by atoms with Crippen molar-refractivity contribution in [1.29, 1.82) is 0 Å². The molecule has 0 radical (unpaired) electrons. The van der Waals surface area contributed by atoms with Gasteiger partial charge in [0, 0.05) is 12.7 Å². The van der Waals surface area contributed by atoms with E-state index in [0.29, 0.717) is 17.7 Å². The maximum atomic E-state index is 11.4. The number of aliphatic hydroxyl groups is 1. The average Bonchev–Trinajstić information content (AvgIpc) is 2.41. The van der Waals surface area contributed by atoms with Crippen molar-refractivity contribution in [2.75, 3.05) is 20.3 Å². The van der Waals surface area contributed by atoms with Crippen LogP contribution in [0.1, 0.15) is 20.7 Å². The molecule has 0 aliphatic carbocycles. The van der Waals surface area contributed by atoms with Gasteiger partial charge in [0.1, 0.15) is 35.9 Å². The highest BCUT2D eigenvalue weighted by atomic mass is 127. The number of halogens is 1. The molecule has 0 saturated carbocycles. The molecule has 0 heterocycles. The van der Waals surface area contributed by atoms with Crippen LogP contribution in [-0.4, -0.2) is 37.7 Å². The van der Waals surface area contributed by atoms with Gasteiger partial charge in [0.05, 0.1) is 12.2 Å². The number of carbonyl (C=O) groups is 2. The molecule has 0 saturated heterocycles. The Morgan fingerprint density at radius 2 is 1.88 bits per heavy atom. The fraction of sp³-hybridized carbons (Fsp3) is 0.273. The first kappa shape index (κ1) is 16.0. The predicted octanol–water partition coefficient (Wildman–Crippen LogP) is 1.63. The number of benzene rings is 1. The van der Waals surface area contributed by atoms with E-state index in [2.05, 4.69) is 0 Å². The molecule has 17 heavy (non-hydrogen) atoms. The third-order valence-electron chi connectivity index (χ3n) is 1.68. The first-order chi connectivity index (χ1) is 8.27. The lowest BCUT2D eigenvalue weighted by atomic mass is 10.1. The van der Waals surface area contributed by atoms with Crippen LogP contribution in [0, 0.1) is 0 Å². The molecule has 0 atom stereocenters. The van der Waals surface area contributed by atoms with Crippen molar-refractivity contribution in [1.82, 2.24) is 0 Å². The van der Waals surface area contributed by atoms with Gasteiger partial charge < -0.3 is 12.9 Å². The van der Waals surface area contributed by atoms with Crippen molar-refractivity contribution in [2.45, 2.75) is 0 Å². The Hall–Kier alpha value is -0.990. The monoisotopic (exact) mass is 352 g/mol. The molecule has 1 rings (SSSR count). The van der Waals surface area contributed by atoms with Crippen LogP contribution in [0.5, 0.6) is 0 Å². The van der Waals surface area contributed by atoms with E-state index in [1.807, 2.05) is 0 Å². The zero-order chi connectivity index (χ0) is 13.1. The summed E-state index contributed by atoms with van der Waals surface area (Å²) in [7, 11) is 1.00. The molecular weight excluding hydrogens is 339 g/mol. The van der Waals surface area contributed by atoms with Gasteiger partial charge in [0.15, 0.2) is 0 Å². The Balaban J connectivity index is 0.00000121. The Bertz CT molecular complexity index is 336. The van der Waals surface area contributed by atoms with Crippen LogP contribution >= 0.6 is 23.0 Å². The van der Waals surface area contributed by atoms with E-state index >= 15 is 0 Å². The molecule has 1 aromatic rings. The minimum Gasteiger partial charge on any atom is -0.460 e. The lowest BCUT2D eigenvalue weighted by Gasteiger charge is -2.03. The maximum Gasteiger partial charge on any atom is 0.338 e. The second kappa shape index (κ2) is 10.2. The largest absolute Gasteiger partial charge is 0.460 e. The molecule has 0 aliphatic rings. The summed E-state index contributed by atoms with van der Waals surface area (Å²) >= 11 is 1.73. The van der Waals surface area contributed by atoms with Gasteiger partial charge in [-0.05, 0) is 12.1 Å². The SMILES string of the molecule is CO.O=Cc1ccc(C(=O)OCCOI)cc1. The van der Waals surface area contributed by atoms with Crippen LogP contribution in [0.25, 0.3) is 0 Å². The van der Waals surface area contributed by atoms with Crippen molar-refractivity contribution in [2.24, 2.45) is 0 Å². The number of hydrogen-bond donors (Lipinski definition) is 1. The highest BCUT2D eigenvalue weighted by molar-refractivity contribution is 14.1. The topological polar surface area (TPSA) is 72.8 Å². The lowest BCUT2D eigenvalue weighted by molar-refractivity contribution is 0.0471. The van der Waals surface area contributed by atoms with Gasteiger partial charge in [-0.3, -0.25) is 4.79 Å². The summed E-state index contributed by atoms with van der Waals surface area (Å²) in [5.41, 5.74) is 0.955. The summed E-state index contributed by atoms with van der Waals surface area (Å²) in [6.07, 6.45) is 0.721. The van der Waals surface area contributed by atoms with Gasteiger partial charge in [-0.15, -0.1) is 0 Å². The van der Waals surface area contributed by atoms with Crippen LogP contribution in [0.3, 0.4) is 0 Å². The molecule has 1 aromatic carbocycles. The van der Waals surface area contributed by atoms with E-state index in [1.165, 1.54) is 0 Å². The third-order valence-corrected chi connectivity index (χ3v) is 2.12. The van der Waals surface area contributed by atoms with E-state index in [0.717, 1.165) is 13.4 Å². The molecule has 0 amide bonds. The van der Waals surface area contributed by atoms with Gasteiger partial charge in [0.25, 0.3) is 0 Å².